The predicted octanol–water partition coefficient (Wildman–Crippen LogP) is 2.56. The molecule has 8 nitrogen and oxygen atoms in total. The quantitative estimate of drug-likeness (QED) is 0.457. The SMILES string of the molecule is COc1ccccc1NCC(=O)NN=C(C)c1ccc([N+](=O)[O-])cc1. The summed E-state index contributed by atoms with van der Waals surface area (Å²) in [5.41, 5.74) is 4.37. The number of ether oxygens (including phenoxy) is 1. The first-order valence-corrected chi connectivity index (χ1v) is 7.46. The molecule has 2 aromatic carbocycles. The predicted molar refractivity (Wildman–Crippen MR) is 94.9 cm³/mol. The molecule has 0 aliphatic carbocycles. The summed E-state index contributed by atoms with van der Waals surface area (Å²) in [4.78, 5) is 22.0. The Morgan fingerprint density at radius 3 is 2.52 bits per heavy atom. The number of non-ortho nitro benzene ring substituents is 1. The van der Waals surface area contributed by atoms with Gasteiger partial charge in [0.25, 0.3) is 11.6 Å². The Bertz CT molecular complexity index is 787. The third-order valence-electron chi connectivity index (χ3n) is 3.39. The fourth-order valence-electron chi connectivity index (χ4n) is 2.04. The zero-order chi connectivity index (χ0) is 18.2. The van der Waals surface area contributed by atoms with Crippen molar-refractivity contribution in [2.45, 2.75) is 6.92 Å². The first kappa shape index (κ1) is 17.9. The lowest BCUT2D eigenvalue weighted by molar-refractivity contribution is -0.384. The topological polar surface area (TPSA) is 106 Å². The van der Waals surface area contributed by atoms with Crippen molar-refractivity contribution in [3.8, 4) is 5.75 Å². The maximum Gasteiger partial charge on any atom is 0.269 e. The van der Waals surface area contributed by atoms with E-state index in [0.717, 1.165) is 0 Å². The van der Waals surface area contributed by atoms with Gasteiger partial charge in [0.2, 0.25) is 0 Å². The molecule has 0 heterocycles. The van der Waals surface area contributed by atoms with Crippen LogP contribution in [0.2, 0.25) is 0 Å². The number of hydrogen-bond acceptors (Lipinski definition) is 6. The summed E-state index contributed by atoms with van der Waals surface area (Å²) in [6.07, 6.45) is 0. The normalized spacial score (nSPS) is 10.9. The molecule has 8 heteroatoms. The van der Waals surface area contributed by atoms with Crippen LogP contribution in [-0.4, -0.2) is 30.2 Å². The molecule has 1 amide bonds. The minimum absolute atomic E-state index is 0.00148. The second-order valence-corrected chi connectivity index (χ2v) is 5.09. The molecule has 0 saturated carbocycles. The third kappa shape index (κ3) is 5.03. The van der Waals surface area contributed by atoms with Gasteiger partial charge in [-0.15, -0.1) is 0 Å². The fraction of sp³-hybridized carbons (Fsp3) is 0.176. The summed E-state index contributed by atoms with van der Waals surface area (Å²) in [5, 5.41) is 17.6. The number of carbonyl (C=O) groups excluding carboxylic acids is 1. The molecular weight excluding hydrogens is 324 g/mol. The van der Waals surface area contributed by atoms with Crippen molar-refractivity contribution in [1.82, 2.24) is 5.43 Å². The highest BCUT2D eigenvalue weighted by Gasteiger charge is 2.07. The Kier molecular flexibility index (Phi) is 6.05. The monoisotopic (exact) mass is 342 g/mol. The molecular formula is C17H18N4O4. The van der Waals surface area contributed by atoms with E-state index in [1.165, 1.54) is 12.1 Å². The number of nitro benzene ring substituents is 1. The van der Waals surface area contributed by atoms with Crippen molar-refractivity contribution < 1.29 is 14.5 Å². The molecule has 2 rings (SSSR count). The molecule has 0 bridgehead atoms. The lowest BCUT2D eigenvalue weighted by Crippen LogP contribution is -2.26. The number of carbonyl (C=O) groups is 1. The van der Waals surface area contributed by atoms with Crippen LogP contribution in [0.25, 0.3) is 0 Å². The van der Waals surface area contributed by atoms with E-state index in [-0.39, 0.29) is 18.1 Å². The Morgan fingerprint density at radius 2 is 1.88 bits per heavy atom. The van der Waals surface area contributed by atoms with E-state index in [9.17, 15) is 14.9 Å². The Hall–Kier alpha value is -3.42. The van der Waals surface area contributed by atoms with Crippen molar-refractivity contribution in [3.63, 3.8) is 0 Å². The van der Waals surface area contributed by atoms with Crippen LogP contribution in [0.1, 0.15) is 12.5 Å². The van der Waals surface area contributed by atoms with Crippen LogP contribution >= 0.6 is 0 Å². The number of amides is 1. The van der Waals surface area contributed by atoms with E-state index in [1.807, 2.05) is 12.1 Å². The van der Waals surface area contributed by atoms with Crippen molar-refractivity contribution in [2.75, 3.05) is 19.0 Å². The summed E-state index contributed by atoms with van der Waals surface area (Å²) in [5.74, 6) is 0.313. The van der Waals surface area contributed by atoms with Crippen molar-refractivity contribution in [3.05, 3.63) is 64.2 Å². The van der Waals surface area contributed by atoms with Gasteiger partial charge in [0.1, 0.15) is 5.75 Å². The van der Waals surface area contributed by atoms with Crippen LogP contribution in [-0.2, 0) is 4.79 Å². The van der Waals surface area contributed by atoms with Gasteiger partial charge in [0, 0.05) is 12.1 Å². The van der Waals surface area contributed by atoms with Gasteiger partial charge in [0.15, 0.2) is 0 Å². The average Bonchev–Trinajstić information content (AvgIpc) is 2.64. The molecule has 0 aliphatic heterocycles. The van der Waals surface area contributed by atoms with E-state index in [4.69, 9.17) is 4.74 Å². The minimum atomic E-state index is -0.471. The number of nitrogens with zero attached hydrogens (tertiary/aromatic N) is 2. The first-order valence-electron chi connectivity index (χ1n) is 7.46. The number of benzene rings is 2. The summed E-state index contributed by atoms with van der Waals surface area (Å²) in [7, 11) is 1.55. The summed E-state index contributed by atoms with van der Waals surface area (Å²) >= 11 is 0. The highest BCUT2D eigenvalue weighted by Crippen LogP contribution is 2.22. The molecule has 2 aromatic rings. The second kappa shape index (κ2) is 8.44. The van der Waals surface area contributed by atoms with Gasteiger partial charge in [-0.1, -0.05) is 12.1 Å². The zero-order valence-electron chi connectivity index (χ0n) is 13.9. The molecule has 0 fully saturated rings. The molecule has 2 N–H and O–H groups in total. The average molecular weight is 342 g/mol. The lowest BCUT2D eigenvalue weighted by atomic mass is 10.1. The van der Waals surface area contributed by atoms with Gasteiger partial charge >= 0.3 is 0 Å². The molecule has 0 aromatic heterocycles. The Morgan fingerprint density at radius 1 is 1.20 bits per heavy atom. The summed E-state index contributed by atoms with van der Waals surface area (Å²) in [6, 6.07) is 13.2. The van der Waals surface area contributed by atoms with Gasteiger partial charge in [-0.05, 0) is 36.8 Å². The van der Waals surface area contributed by atoms with E-state index >= 15 is 0 Å². The minimum Gasteiger partial charge on any atom is -0.495 e. The van der Waals surface area contributed by atoms with Crippen LogP contribution in [0, 0.1) is 10.1 Å². The maximum atomic E-state index is 11.9. The van der Waals surface area contributed by atoms with Gasteiger partial charge in [-0.25, -0.2) is 5.43 Å². The number of para-hydroxylation sites is 2. The summed E-state index contributed by atoms with van der Waals surface area (Å²) < 4.78 is 5.19. The second-order valence-electron chi connectivity index (χ2n) is 5.09. The van der Waals surface area contributed by atoms with Crippen molar-refractivity contribution >= 4 is 23.0 Å². The van der Waals surface area contributed by atoms with E-state index in [2.05, 4.69) is 15.8 Å². The molecule has 0 saturated heterocycles. The molecule has 130 valence electrons. The highest BCUT2D eigenvalue weighted by molar-refractivity contribution is 5.99. The molecule has 0 spiro atoms. The van der Waals surface area contributed by atoms with Crippen LogP contribution in [0.3, 0.4) is 0 Å². The van der Waals surface area contributed by atoms with Gasteiger partial charge in [-0.3, -0.25) is 14.9 Å². The smallest absolute Gasteiger partial charge is 0.269 e. The first-order chi connectivity index (χ1) is 12.0. The number of hydrazone groups is 1. The maximum absolute atomic E-state index is 11.9. The van der Waals surface area contributed by atoms with Gasteiger partial charge < -0.3 is 10.1 Å². The number of rotatable bonds is 7. The number of nitro groups is 1. The van der Waals surface area contributed by atoms with E-state index in [1.54, 1.807) is 38.3 Å². The molecule has 0 atom stereocenters. The van der Waals surface area contributed by atoms with Crippen LogP contribution in [0.15, 0.2) is 53.6 Å². The number of methoxy groups -OCH3 is 1. The summed E-state index contributed by atoms with van der Waals surface area (Å²) in [6.45, 7) is 1.73. The van der Waals surface area contributed by atoms with E-state index < -0.39 is 4.92 Å². The molecule has 0 aliphatic rings. The number of anilines is 1. The van der Waals surface area contributed by atoms with Crippen molar-refractivity contribution in [1.29, 1.82) is 0 Å². The number of nitrogens with one attached hydrogen (secondary N) is 2. The zero-order valence-corrected chi connectivity index (χ0v) is 13.9. The largest absolute Gasteiger partial charge is 0.495 e. The fourth-order valence-corrected chi connectivity index (χ4v) is 2.04. The Labute approximate surface area is 144 Å². The van der Waals surface area contributed by atoms with E-state index in [0.29, 0.717) is 22.7 Å². The third-order valence-corrected chi connectivity index (χ3v) is 3.39. The molecule has 0 radical (unpaired) electrons. The van der Waals surface area contributed by atoms with Crippen molar-refractivity contribution in [2.24, 2.45) is 5.10 Å². The Balaban J connectivity index is 1.91. The molecule has 0 unspecified atom stereocenters. The van der Waals surface area contributed by atoms with Crippen LogP contribution in [0.4, 0.5) is 11.4 Å². The number of hydrogen-bond donors (Lipinski definition) is 2. The highest BCUT2D eigenvalue weighted by atomic mass is 16.6. The lowest BCUT2D eigenvalue weighted by Gasteiger charge is -2.10. The van der Waals surface area contributed by atoms with Gasteiger partial charge in [-0.2, -0.15) is 5.10 Å². The molecule has 25 heavy (non-hydrogen) atoms. The van der Waals surface area contributed by atoms with Crippen LogP contribution in [0.5, 0.6) is 5.75 Å². The van der Waals surface area contributed by atoms with Gasteiger partial charge in [0.05, 0.1) is 30.0 Å². The standard InChI is InChI=1S/C17H18N4O4/c1-12(13-7-9-14(10-8-13)21(23)24)19-20-17(22)11-18-15-5-3-4-6-16(15)25-2/h3-10,18H,11H2,1-2H3,(H,20,22). The van der Waals surface area contributed by atoms with Crippen LogP contribution < -0.4 is 15.5 Å².